The number of aliphatic hydroxyl groups is 1. The van der Waals surface area contributed by atoms with Gasteiger partial charge in [0.25, 0.3) is 0 Å². The number of aliphatic hydroxyl groups excluding tert-OH is 1. The Labute approximate surface area is 77.3 Å². The first-order valence-electron chi connectivity index (χ1n) is 4.40. The second kappa shape index (κ2) is 4.13. The van der Waals surface area contributed by atoms with Gasteiger partial charge in [0.2, 0.25) is 0 Å². The molecular weight excluding hydrogens is 168 g/mol. The minimum Gasteiger partial charge on any atom is -0.394 e. The van der Waals surface area contributed by atoms with E-state index in [9.17, 15) is 0 Å². The first-order chi connectivity index (χ1) is 6.20. The van der Waals surface area contributed by atoms with E-state index < -0.39 is 0 Å². The molecule has 0 saturated carbocycles. The molecule has 0 amide bonds. The lowest BCUT2D eigenvalue weighted by molar-refractivity contribution is 0.211. The number of nitrogens with two attached hydrogens (primary N) is 2. The van der Waals surface area contributed by atoms with Gasteiger partial charge in [0, 0.05) is 0 Å². The molecule has 0 aliphatic heterocycles. The van der Waals surface area contributed by atoms with Crippen LogP contribution in [0.4, 0.5) is 11.5 Å². The van der Waals surface area contributed by atoms with Gasteiger partial charge in [-0.1, -0.05) is 13.3 Å². The number of anilines is 2. The lowest BCUT2D eigenvalue weighted by Crippen LogP contribution is -2.16. The molecule has 0 bridgehead atoms. The topological polar surface area (TPSA) is 90.1 Å². The van der Waals surface area contributed by atoms with E-state index in [1.54, 1.807) is 4.68 Å². The van der Waals surface area contributed by atoms with Crippen LogP contribution in [0.15, 0.2) is 6.20 Å². The van der Waals surface area contributed by atoms with Crippen LogP contribution in [0.3, 0.4) is 0 Å². The van der Waals surface area contributed by atoms with Crippen molar-refractivity contribution in [1.29, 1.82) is 0 Å². The van der Waals surface area contributed by atoms with E-state index in [2.05, 4.69) is 5.10 Å². The Kier molecular flexibility index (Phi) is 3.13. The van der Waals surface area contributed by atoms with Crippen LogP contribution in [0.2, 0.25) is 0 Å². The smallest absolute Gasteiger partial charge is 0.145 e. The summed E-state index contributed by atoms with van der Waals surface area (Å²) in [6.45, 7) is 2.09. The van der Waals surface area contributed by atoms with Crippen molar-refractivity contribution in [3.8, 4) is 0 Å². The zero-order chi connectivity index (χ0) is 9.84. The Bertz CT molecular complexity index is 271. The van der Waals surface area contributed by atoms with E-state index >= 15 is 0 Å². The van der Waals surface area contributed by atoms with Crippen molar-refractivity contribution in [2.24, 2.45) is 0 Å². The minimum absolute atomic E-state index is 0.0408. The summed E-state index contributed by atoms with van der Waals surface area (Å²) in [5, 5.41) is 13.1. The van der Waals surface area contributed by atoms with E-state index in [0.717, 1.165) is 12.8 Å². The van der Waals surface area contributed by atoms with Crippen molar-refractivity contribution >= 4 is 11.5 Å². The van der Waals surface area contributed by atoms with Crippen molar-refractivity contribution < 1.29 is 5.11 Å². The van der Waals surface area contributed by atoms with Crippen molar-refractivity contribution in [3.63, 3.8) is 0 Å². The van der Waals surface area contributed by atoms with Gasteiger partial charge in [-0.05, 0) is 6.42 Å². The molecule has 1 aromatic heterocycles. The zero-order valence-electron chi connectivity index (χ0n) is 7.77. The molecule has 1 rings (SSSR count). The number of rotatable bonds is 4. The lowest BCUT2D eigenvalue weighted by atomic mass is 10.2. The highest BCUT2D eigenvalue weighted by atomic mass is 16.3. The molecule has 0 aromatic carbocycles. The third-order valence-corrected chi connectivity index (χ3v) is 2.04. The molecule has 0 aliphatic rings. The summed E-state index contributed by atoms with van der Waals surface area (Å²) in [6, 6.07) is -0.0534. The van der Waals surface area contributed by atoms with Gasteiger partial charge < -0.3 is 16.6 Å². The summed E-state index contributed by atoms with van der Waals surface area (Å²) in [6.07, 6.45) is 3.33. The number of hydrogen-bond donors (Lipinski definition) is 3. The van der Waals surface area contributed by atoms with Gasteiger partial charge in [0.05, 0.1) is 24.5 Å². The molecule has 5 N–H and O–H groups in total. The normalized spacial score (nSPS) is 13.1. The molecule has 1 heterocycles. The molecule has 1 atom stereocenters. The highest BCUT2D eigenvalue weighted by Crippen LogP contribution is 2.20. The minimum atomic E-state index is -0.0534. The quantitative estimate of drug-likeness (QED) is 0.631. The first kappa shape index (κ1) is 9.85. The highest BCUT2D eigenvalue weighted by Gasteiger charge is 2.13. The summed E-state index contributed by atoms with van der Waals surface area (Å²) in [5.74, 6) is 0.438. The van der Waals surface area contributed by atoms with Gasteiger partial charge in [-0.15, -0.1) is 0 Å². The molecule has 0 aliphatic carbocycles. The molecule has 1 unspecified atom stereocenters. The number of hydrogen-bond acceptors (Lipinski definition) is 4. The fourth-order valence-electron chi connectivity index (χ4n) is 1.30. The van der Waals surface area contributed by atoms with Gasteiger partial charge in [-0.3, -0.25) is 0 Å². The van der Waals surface area contributed by atoms with Gasteiger partial charge in [-0.25, -0.2) is 4.68 Å². The summed E-state index contributed by atoms with van der Waals surface area (Å²) >= 11 is 0. The Morgan fingerprint density at radius 1 is 1.62 bits per heavy atom. The maximum absolute atomic E-state index is 9.09. The van der Waals surface area contributed by atoms with Crippen LogP contribution in [0.1, 0.15) is 25.8 Å². The molecule has 0 radical (unpaired) electrons. The molecule has 5 heteroatoms. The van der Waals surface area contributed by atoms with Crippen molar-refractivity contribution in [2.75, 3.05) is 18.1 Å². The summed E-state index contributed by atoms with van der Waals surface area (Å²) in [5.41, 5.74) is 11.7. The van der Waals surface area contributed by atoms with Crippen molar-refractivity contribution in [1.82, 2.24) is 9.78 Å². The predicted octanol–water partition coefficient (Wildman–Crippen LogP) is 0.381. The number of nitrogen functional groups attached to an aromatic ring is 2. The maximum Gasteiger partial charge on any atom is 0.145 e. The Morgan fingerprint density at radius 2 is 2.31 bits per heavy atom. The molecule has 13 heavy (non-hydrogen) atoms. The molecule has 0 saturated heterocycles. The zero-order valence-corrected chi connectivity index (χ0v) is 7.77. The Balaban J connectivity index is 2.84. The summed E-state index contributed by atoms with van der Waals surface area (Å²) < 4.78 is 1.58. The van der Waals surface area contributed by atoms with Crippen LogP contribution >= 0.6 is 0 Å². The first-order valence-corrected chi connectivity index (χ1v) is 4.40. The molecule has 5 nitrogen and oxygen atoms in total. The average molecular weight is 184 g/mol. The van der Waals surface area contributed by atoms with Gasteiger partial charge in [-0.2, -0.15) is 5.10 Å². The van der Waals surface area contributed by atoms with Gasteiger partial charge in [0.1, 0.15) is 5.82 Å². The summed E-state index contributed by atoms with van der Waals surface area (Å²) in [4.78, 5) is 0. The number of nitrogens with zero attached hydrogens (tertiary/aromatic N) is 2. The van der Waals surface area contributed by atoms with Crippen LogP contribution in [-0.2, 0) is 0 Å². The fourth-order valence-corrected chi connectivity index (χ4v) is 1.30. The van der Waals surface area contributed by atoms with Crippen LogP contribution in [-0.4, -0.2) is 21.5 Å². The monoisotopic (exact) mass is 184 g/mol. The second-order valence-corrected chi connectivity index (χ2v) is 3.05. The van der Waals surface area contributed by atoms with Crippen LogP contribution in [0.25, 0.3) is 0 Å². The van der Waals surface area contributed by atoms with E-state index in [1.807, 2.05) is 6.92 Å². The van der Waals surface area contributed by atoms with Gasteiger partial charge >= 0.3 is 0 Å². The van der Waals surface area contributed by atoms with Crippen LogP contribution in [0, 0.1) is 0 Å². The van der Waals surface area contributed by atoms with Gasteiger partial charge in [0.15, 0.2) is 0 Å². The lowest BCUT2D eigenvalue weighted by Gasteiger charge is -2.15. The molecule has 74 valence electrons. The van der Waals surface area contributed by atoms with E-state index in [-0.39, 0.29) is 12.6 Å². The predicted molar refractivity (Wildman–Crippen MR) is 52.1 cm³/mol. The standard InChI is InChI=1S/C8H16N4O/c1-2-3-6(5-13)12-8(10)7(9)4-11-12/h4,6,13H,2-3,5,9-10H2,1H3. The molecule has 0 spiro atoms. The average Bonchev–Trinajstić information content (AvgIpc) is 2.45. The maximum atomic E-state index is 9.09. The van der Waals surface area contributed by atoms with Crippen molar-refractivity contribution in [3.05, 3.63) is 6.20 Å². The van der Waals surface area contributed by atoms with Crippen LogP contribution in [0.5, 0.6) is 0 Å². The summed E-state index contributed by atoms with van der Waals surface area (Å²) in [7, 11) is 0. The third kappa shape index (κ3) is 1.92. The van der Waals surface area contributed by atoms with E-state index in [1.165, 1.54) is 6.20 Å². The largest absolute Gasteiger partial charge is 0.394 e. The number of aromatic nitrogens is 2. The fraction of sp³-hybridized carbons (Fsp3) is 0.625. The SMILES string of the molecule is CCCC(CO)n1ncc(N)c1N. The molecule has 0 fully saturated rings. The van der Waals surface area contributed by atoms with E-state index in [0.29, 0.717) is 11.5 Å². The highest BCUT2D eigenvalue weighted by molar-refractivity contribution is 5.57. The van der Waals surface area contributed by atoms with E-state index in [4.69, 9.17) is 16.6 Å². The molecular formula is C8H16N4O. The second-order valence-electron chi connectivity index (χ2n) is 3.05. The third-order valence-electron chi connectivity index (χ3n) is 2.04. The van der Waals surface area contributed by atoms with Crippen LogP contribution < -0.4 is 11.5 Å². The molecule has 1 aromatic rings. The van der Waals surface area contributed by atoms with Crippen molar-refractivity contribution in [2.45, 2.75) is 25.8 Å². The Hall–Kier alpha value is -1.23. The Morgan fingerprint density at radius 3 is 2.69 bits per heavy atom.